The lowest BCUT2D eigenvalue weighted by Gasteiger charge is -2.31. The highest BCUT2D eigenvalue weighted by atomic mass is 19.1. The summed E-state index contributed by atoms with van der Waals surface area (Å²) >= 11 is 0. The largest absolute Gasteiger partial charge is 0.456 e. The molecule has 2 heterocycles. The second kappa shape index (κ2) is 8.04. The van der Waals surface area contributed by atoms with Crippen LogP contribution < -0.4 is 15.4 Å². The Morgan fingerprint density at radius 3 is 2.52 bits per heavy atom. The van der Waals surface area contributed by atoms with Crippen molar-refractivity contribution in [1.82, 2.24) is 15.2 Å². The molecule has 7 heteroatoms. The van der Waals surface area contributed by atoms with Gasteiger partial charge in [0.25, 0.3) is 0 Å². The van der Waals surface area contributed by atoms with E-state index in [0.29, 0.717) is 17.3 Å². The third-order valence-corrected chi connectivity index (χ3v) is 4.12. The molecule has 2 N–H and O–H groups in total. The minimum atomic E-state index is -0.317. The number of carbonyl (C=O) groups excluding carboxylic acids is 1. The number of amides is 1. The molecule has 0 aliphatic carbocycles. The molecule has 6 nitrogen and oxygen atoms in total. The fourth-order valence-electron chi connectivity index (χ4n) is 2.62. The van der Waals surface area contributed by atoms with Crippen LogP contribution in [0.1, 0.15) is 6.92 Å². The van der Waals surface area contributed by atoms with Crippen LogP contribution in [-0.4, -0.2) is 48.0 Å². The number of aromatic nitrogens is 1. The number of nitrogens with zero attached hydrogens (tertiary/aromatic N) is 2. The van der Waals surface area contributed by atoms with Gasteiger partial charge in [-0.15, -0.1) is 0 Å². The number of benzene rings is 1. The van der Waals surface area contributed by atoms with Crippen molar-refractivity contribution in [2.75, 3.05) is 31.5 Å². The summed E-state index contributed by atoms with van der Waals surface area (Å²) in [4.78, 5) is 18.7. The first-order valence-electron chi connectivity index (χ1n) is 8.27. The molecule has 3 rings (SSSR count). The minimum absolute atomic E-state index is 0.0818. The SMILES string of the molecule is CC(C(=O)Nc1ccc(Oc2ccc(F)cc2)cn1)N1CCNCC1. The molecule has 1 aliphatic heterocycles. The predicted octanol–water partition coefficient (Wildman–Crippen LogP) is 2.25. The Hall–Kier alpha value is -2.51. The molecule has 1 fully saturated rings. The van der Waals surface area contributed by atoms with Crippen LogP contribution in [0, 0.1) is 5.82 Å². The number of carbonyl (C=O) groups is 1. The molecule has 0 spiro atoms. The van der Waals surface area contributed by atoms with Crippen molar-refractivity contribution in [3.63, 3.8) is 0 Å². The smallest absolute Gasteiger partial charge is 0.242 e. The van der Waals surface area contributed by atoms with Crippen LogP contribution in [0.25, 0.3) is 0 Å². The van der Waals surface area contributed by atoms with Crippen molar-refractivity contribution in [3.8, 4) is 11.5 Å². The fraction of sp³-hybridized carbons (Fsp3) is 0.333. The maximum atomic E-state index is 12.9. The van der Waals surface area contributed by atoms with Crippen LogP contribution in [0.2, 0.25) is 0 Å². The highest BCUT2D eigenvalue weighted by Gasteiger charge is 2.22. The van der Waals surface area contributed by atoms with Gasteiger partial charge in [-0.3, -0.25) is 9.69 Å². The van der Waals surface area contributed by atoms with Gasteiger partial charge in [-0.25, -0.2) is 9.37 Å². The average Bonchev–Trinajstić information content (AvgIpc) is 2.65. The molecule has 0 bridgehead atoms. The summed E-state index contributed by atoms with van der Waals surface area (Å²) in [6.45, 7) is 5.39. The Balaban J connectivity index is 1.56. The monoisotopic (exact) mass is 344 g/mol. The quantitative estimate of drug-likeness (QED) is 0.871. The highest BCUT2D eigenvalue weighted by molar-refractivity contribution is 5.93. The molecule has 0 saturated carbocycles. The summed E-state index contributed by atoms with van der Waals surface area (Å²) in [6.07, 6.45) is 1.52. The second-order valence-electron chi connectivity index (χ2n) is 5.89. The fourth-order valence-corrected chi connectivity index (χ4v) is 2.62. The zero-order valence-electron chi connectivity index (χ0n) is 14.0. The molecule has 2 aromatic rings. The van der Waals surface area contributed by atoms with Crippen LogP contribution in [0.4, 0.5) is 10.2 Å². The number of halogens is 1. The van der Waals surface area contributed by atoms with Crippen molar-refractivity contribution in [2.45, 2.75) is 13.0 Å². The lowest BCUT2D eigenvalue weighted by Crippen LogP contribution is -2.51. The molecule has 0 radical (unpaired) electrons. The summed E-state index contributed by atoms with van der Waals surface area (Å²) in [6, 6.07) is 8.92. The lowest BCUT2D eigenvalue weighted by molar-refractivity contribution is -0.121. The normalized spacial score (nSPS) is 16.2. The van der Waals surface area contributed by atoms with Crippen LogP contribution >= 0.6 is 0 Å². The summed E-state index contributed by atoms with van der Waals surface area (Å²) in [5, 5.41) is 6.09. The zero-order chi connectivity index (χ0) is 17.6. The van der Waals surface area contributed by atoms with E-state index in [-0.39, 0.29) is 17.8 Å². The van der Waals surface area contributed by atoms with E-state index in [0.717, 1.165) is 26.2 Å². The van der Waals surface area contributed by atoms with E-state index in [1.807, 2.05) is 6.92 Å². The summed E-state index contributed by atoms with van der Waals surface area (Å²) in [5.41, 5.74) is 0. The van der Waals surface area contributed by atoms with Gasteiger partial charge in [0.15, 0.2) is 0 Å². The molecular formula is C18H21FN4O2. The van der Waals surface area contributed by atoms with Crippen LogP contribution in [0.3, 0.4) is 0 Å². The van der Waals surface area contributed by atoms with Crippen molar-refractivity contribution in [3.05, 3.63) is 48.4 Å². The van der Waals surface area contributed by atoms with Gasteiger partial charge in [-0.2, -0.15) is 0 Å². The van der Waals surface area contributed by atoms with E-state index >= 15 is 0 Å². The van der Waals surface area contributed by atoms with E-state index in [1.165, 1.54) is 18.3 Å². The van der Waals surface area contributed by atoms with Crippen LogP contribution in [0.15, 0.2) is 42.6 Å². The average molecular weight is 344 g/mol. The van der Waals surface area contributed by atoms with Gasteiger partial charge < -0.3 is 15.4 Å². The van der Waals surface area contributed by atoms with Crippen molar-refractivity contribution >= 4 is 11.7 Å². The van der Waals surface area contributed by atoms with Gasteiger partial charge in [0.05, 0.1) is 12.2 Å². The zero-order valence-corrected chi connectivity index (χ0v) is 14.0. The maximum absolute atomic E-state index is 12.9. The summed E-state index contributed by atoms with van der Waals surface area (Å²) < 4.78 is 18.5. The van der Waals surface area contributed by atoms with Gasteiger partial charge in [-0.1, -0.05) is 0 Å². The maximum Gasteiger partial charge on any atom is 0.242 e. The molecule has 1 unspecified atom stereocenters. The van der Waals surface area contributed by atoms with Crippen molar-refractivity contribution < 1.29 is 13.9 Å². The Morgan fingerprint density at radius 2 is 1.88 bits per heavy atom. The number of hydrogen-bond acceptors (Lipinski definition) is 5. The van der Waals surface area contributed by atoms with Crippen molar-refractivity contribution in [2.24, 2.45) is 0 Å². The molecule has 1 saturated heterocycles. The number of hydrogen-bond donors (Lipinski definition) is 2. The minimum Gasteiger partial charge on any atom is -0.456 e. The van der Waals surface area contributed by atoms with E-state index in [2.05, 4.69) is 20.5 Å². The van der Waals surface area contributed by atoms with Gasteiger partial charge in [-0.05, 0) is 43.3 Å². The Labute approximate surface area is 146 Å². The first-order chi connectivity index (χ1) is 12.1. The molecule has 1 amide bonds. The van der Waals surface area contributed by atoms with Gasteiger partial charge in [0.1, 0.15) is 23.1 Å². The molecule has 1 aromatic heterocycles. The lowest BCUT2D eigenvalue weighted by atomic mass is 10.2. The Morgan fingerprint density at radius 1 is 1.20 bits per heavy atom. The van der Waals surface area contributed by atoms with Gasteiger partial charge >= 0.3 is 0 Å². The standard InChI is InChI=1S/C18H21FN4O2/c1-13(23-10-8-20-9-11-23)18(24)22-17-7-6-16(12-21-17)25-15-4-2-14(19)3-5-15/h2-7,12-13,20H,8-11H2,1H3,(H,21,22,24). The Bertz CT molecular complexity index is 700. The highest BCUT2D eigenvalue weighted by Crippen LogP contribution is 2.21. The van der Waals surface area contributed by atoms with E-state index in [4.69, 9.17) is 4.74 Å². The summed E-state index contributed by atoms with van der Waals surface area (Å²) in [5.74, 6) is 1.11. The third-order valence-electron chi connectivity index (χ3n) is 4.12. The molecule has 25 heavy (non-hydrogen) atoms. The number of nitrogens with one attached hydrogen (secondary N) is 2. The first-order valence-corrected chi connectivity index (χ1v) is 8.27. The van der Waals surface area contributed by atoms with Crippen molar-refractivity contribution in [1.29, 1.82) is 0 Å². The van der Waals surface area contributed by atoms with Gasteiger partial charge in [0, 0.05) is 26.2 Å². The van der Waals surface area contributed by atoms with Gasteiger partial charge in [0.2, 0.25) is 5.91 Å². The molecular weight excluding hydrogens is 323 g/mol. The molecule has 1 aliphatic rings. The predicted molar refractivity (Wildman–Crippen MR) is 93.2 cm³/mol. The van der Waals surface area contributed by atoms with E-state index in [9.17, 15) is 9.18 Å². The van der Waals surface area contributed by atoms with E-state index in [1.54, 1.807) is 24.3 Å². The number of anilines is 1. The number of ether oxygens (including phenoxy) is 1. The molecule has 132 valence electrons. The van der Waals surface area contributed by atoms with E-state index < -0.39 is 0 Å². The van der Waals surface area contributed by atoms with Crippen LogP contribution in [-0.2, 0) is 4.79 Å². The number of piperazine rings is 1. The Kier molecular flexibility index (Phi) is 5.57. The number of rotatable bonds is 5. The van der Waals surface area contributed by atoms with Crippen LogP contribution in [0.5, 0.6) is 11.5 Å². The first kappa shape index (κ1) is 17.3. The molecule has 1 atom stereocenters. The summed E-state index contributed by atoms with van der Waals surface area (Å²) in [7, 11) is 0. The topological polar surface area (TPSA) is 66.5 Å². The molecule has 1 aromatic carbocycles. The third kappa shape index (κ3) is 4.74. The second-order valence-corrected chi connectivity index (χ2v) is 5.89. The number of pyridine rings is 1.